The fourth-order valence-corrected chi connectivity index (χ4v) is 4.87. The number of hydrogen-bond acceptors (Lipinski definition) is 4. The van der Waals surface area contributed by atoms with Gasteiger partial charge in [0.15, 0.2) is 5.13 Å². The lowest BCUT2D eigenvalue weighted by atomic mass is 9.82. The largest absolute Gasteiger partial charge is 0.481 e. The normalized spacial score (nSPS) is 26.2. The zero-order chi connectivity index (χ0) is 18.4. The molecule has 26 heavy (non-hydrogen) atoms. The van der Waals surface area contributed by atoms with Crippen LogP contribution in [0.2, 0.25) is 0 Å². The van der Waals surface area contributed by atoms with Crippen molar-refractivity contribution >= 4 is 28.3 Å². The zero-order valence-electron chi connectivity index (χ0n) is 14.0. The first-order valence-corrected chi connectivity index (χ1v) is 9.21. The van der Waals surface area contributed by atoms with Crippen molar-refractivity contribution in [1.29, 1.82) is 0 Å². The maximum Gasteiger partial charge on any atom is 0.307 e. The smallest absolute Gasteiger partial charge is 0.307 e. The number of allylic oxidation sites excluding steroid dienone is 2. The van der Waals surface area contributed by atoms with Crippen molar-refractivity contribution in [3.8, 4) is 11.3 Å². The molecular weight excluding hydrogens is 355 g/mol. The number of fused-ring (bicyclic) bond motifs is 2. The number of aryl methyl sites for hydroxylation is 1. The summed E-state index contributed by atoms with van der Waals surface area (Å²) >= 11 is 1.33. The van der Waals surface area contributed by atoms with Gasteiger partial charge in [0.25, 0.3) is 0 Å². The van der Waals surface area contributed by atoms with E-state index in [1.165, 1.54) is 23.5 Å². The first-order valence-electron chi connectivity index (χ1n) is 8.39. The minimum absolute atomic E-state index is 0.0290. The van der Waals surface area contributed by atoms with Gasteiger partial charge in [-0.25, -0.2) is 9.37 Å². The topological polar surface area (TPSA) is 79.3 Å². The number of benzene rings is 1. The van der Waals surface area contributed by atoms with Crippen LogP contribution in [0.5, 0.6) is 0 Å². The van der Waals surface area contributed by atoms with Gasteiger partial charge in [-0.3, -0.25) is 9.59 Å². The second-order valence-corrected chi connectivity index (χ2v) is 7.96. The molecule has 1 heterocycles. The molecule has 0 unspecified atom stereocenters. The minimum atomic E-state index is -0.927. The Kier molecular flexibility index (Phi) is 4.11. The Morgan fingerprint density at radius 2 is 1.85 bits per heavy atom. The number of carbonyl (C=O) groups is 2. The predicted molar refractivity (Wildman–Crippen MR) is 96.2 cm³/mol. The Bertz CT molecular complexity index is 906. The van der Waals surface area contributed by atoms with Crippen molar-refractivity contribution in [2.24, 2.45) is 23.7 Å². The van der Waals surface area contributed by atoms with Crippen LogP contribution in [0.25, 0.3) is 11.3 Å². The quantitative estimate of drug-likeness (QED) is 0.802. The number of aliphatic carboxylic acids is 1. The zero-order valence-corrected chi connectivity index (χ0v) is 14.8. The number of thiazole rings is 1. The summed E-state index contributed by atoms with van der Waals surface area (Å²) in [4.78, 5) is 29.7. The summed E-state index contributed by atoms with van der Waals surface area (Å²) in [5, 5.41) is 12.7. The number of halogens is 1. The van der Waals surface area contributed by atoms with E-state index in [4.69, 9.17) is 0 Å². The molecule has 1 amide bonds. The Balaban J connectivity index is 1.55. The fraction of sp³-hybridized carbons (Fsp3) is 0.316. The summed E-state index contributed by atoms with van der Waals surface area (Å²) in [5.74, 6) is -2.89. The molecule has 1 fully saturated rings. The molecule has 5 nitrogen and oxygen atoms in total. The molecule has 0 spiro atoms. The van der Waals surface area contributed by atoms with E-state index in [9.17, 15) is 19.1 Å². The standard InChI is InChI=1S/C19H17FN2O3S/c1-9-16(10-4-6-13(20)7-5-10)21-19(26-9)22-17(23)14-11-2-3-12(8-11)15(14)18(24)25/h2-7,11-12,14-15H,8H2,1H3,(H,24,25)(H,21,22,23)/t11-,12+,14+,15+/m1/s1. The molecule has 7 heteroatoms. The maximum atomic E-state index is 13.1. The number of hydrogen-bond donors (Lipinski definition) is 2. The van der Waals surface area contributed by atoms with Crippen LogP contribution >= 0.6 is 11.3 Å². The van der Waals surface area contributed by atoms with Crippen molar-refractivity contribution in [2.45, 2.75) is 13.3 Å². The van der Waals surface area contributed by atoms with Crippen molar-refractivity contribution in [1.82, 2.24) is 4.98 Å². The average molecular weight is 372 g/mol. The third-order valence-corrected chi connectivity index (χ3v) is 6.08. The van der Waals surface area contributed by atoms with Gasteiger partial charge in [-0.05, 0) is 49.4 Å². The highest BCUT2D eigenvalue weighted by Gasteiger charge is 2.51. The average Bonchev–Trinajstić information content (AvgIpc) is 3.29. The van der Waals surface area contributed by atoms with E-state index in [2.05, 4.69) is 10.3 Å². The SMILES string of the molecule is Cc1sc(NC(=O)[C@@H]2[C@@H](C(=O)O)[C@H]3C=C[C@@H]2C3)nc1-c1ccc(F)cc1. The molecule has 134 valence electrons. The fourth-order valence-electron chi connectivity index (χ4n) is 4.03. The number of carbonyl (C=O) groups excluding carboxylic acids is 1. The number of carboxylic acids is 1. The molecule has 2 aliphatic carbocycles. The van der Waals surface area contributed by atoms with Gasteiger partial charge in [0.1, 0.15) is 5.82 Å². The van der Waals surface area contributed by atoms with E-state index in [-0.39, 0.29) is 23.6 Å². The summed E-state index contributed by atoms with van der Waals surface area (Å²) in [6.07, 6.45) is 4.57. The van der Waals surface area contributed by atoms with Crippen LogP contribution in [-0.2, 0) is 9.59 Å². The minimum Gasteiger partial charge on any atom is -0.481 e. The molecule has 1 saturated carbocycles. The first kappa shape index (κ1) is 16.9. The number of rotatable bonds is 4. The van der Waals surface area contributed by atoms with E-state index in [0.717, 1.165) is 10.4 Å². The highest BCUT2D eigenvalue weighted by molar-refractivity contribution is 7.16. The number of nitrogens with zero attached hydrogens (tertiary/aromatic N) is 1. The molecule has 2 aliphatic rings. The van der Waals surface area contributed by atoms with Crippen molar-refractivity contribution in [2.75, 3.05) is 5.32 Å². The van der Waals surface area contributed by atoms with Crippen molar-refractivity contribution in [3.63, 3.8) is 0 Å². The molecule has 0 radical (unpaired) electrons. The van der Waals surface area contributed by atoms with Gasteiger partial charge in [0.2, 0.25) is 5.91 Å². The van der Waals surface area contributed by atoms with Crippen molar-refractivity contribution < 1.29 is 19.1 Å². The van der Waals surface area contributed by atoms with Gasteiger partial charge < -0.3 is 10.4 Å². The van der Waals surface area contributed by atoms with Crippen molar-refractivity contribution in [3.05, 3.63) is 47.1 Å². The summed E-state index contributed by atoms with van der Waals surface area (Å²) in [5.41, 5.74) is 1.46. The van der Waals surface area contributed by atoms with Gasteiger partial charge in [-0.15, -0.1) is 11.3 Å². The molecule has 2 N–H and O–H groups in total. The van der Waals surface area contributed by atoms with Crippen LogP contribution in [0.15, 0.2) is 36.4 Å². The van der Waals surface area contributed by atoms with Crippen LogP contribution in [0.4, 0.5) is 9.52 Å². The molecule has 1 aromatic carbocycles. The molecule has 0 aliphatic heterocycles. The molecule has 2 bridgehead atoms. The molecule has 4 atom stereocenters. The second kappa shape index (κ2) is 6.32. The summed E-state index contributed by atoms with van der Waals surface area (Å²) in [7, 11) is 0. The maximum absolute atomic E-state index is 13.1. The van der Waals surface area contributed by atoms with E-state index in [0.29, 0.717) is 17.2 Å². The monoisotopic (exact) mass is 372 g/mol. The van der Waals surface area contributed by atoms with Gasteiger partial charge >= 0.3 is 5.97 Å². The third kappa shape index (κ3) is 2.82. The lowest BCUT2D eigenvalue weighted by Crippen LogP contribution is -2.36. The lowest BCUT2D eigenvalue weighted by molar-refractivity contribution is -0.146. The third-order valence-electron chi connectivity index (χ3n) is 5.19. The van der Waals surface area contributed by atoms with Gasteiger partial charge in [-0.2, -0.15) is 0 Å². The van der Waals surface area contributed by atoms with Crippen LogP contribution in [0, 0.1) is 36.4 Å². The molecule has 4 rings (SSSR count). The van der Waals surface area contributed by atoms with Gasteiger partial charge in [0, 0.05) is 10.4 Å². The van der Waals surface area contributed by atoms with E-state index in [1.54, 1.807) is 12.1 Å². The van der Waals surface area contributed by atoms with Crippen LogP contribution in [0.1, 0.15) is 11.3 Å². The van der Waals surface area contributed by atoms with E-state index >= 15 is 0 Å². The van der Waals surface area contributed by atoms with E-state index in [1.807, 2.05) is 19.1 Å². The number of nitrogens with one attached hydrogen (secondary N) is 1. The van der Waals surface area contributed by atoms with Crippen LogP contribution in [0.3, 0.4) is 0 Å². The van der Waals surface area contributed by atoms with Crippen LogP contribution < -0.4 is 5.32 Å². The number of anilines is 1. The Morgan fingerprint density at radius 1 is 1.19 bits per heavy atom. The second-order valence-electron chi connectivity index (χ2n) is 6.76. The van der Waals surface area contributed by atoms with Gasteiger partial charge in [-0.1, -0.05) is 12.2 Å². The Hall–Kier alpha value is -2.54. The lowest BCUT2D eigenvalue weighted by Gasteiger charge is -2.23. The number of aromatic nitrogens is 1. The summed E-state index contributed by atoms with van der Waals surface area (Å²) in [6, 6.07) is 6.02. The Morgan fingerprint density at radius 3 is 2.50 bits per heavy atom. The first-order chi connectivity index (χ1) is 12.4. The Labute approximate surface area is 153 Å². The molecule has 1 aromatic heterocycles. The highest BCUT2D eigenvalue weighted by atomic mass is 32.1. The van der Waals surface area contributed by atoms with Crippen LogP contribution in [-0.4, -0.2) is 22.0 Å². The number of amides is 1. The predicted octanol–water partition coefficient (Wildman–Crippen LogP) is 3.72. The number of carboxylic acid groups (broad SMARTS) is 1. The van der Waals surface area contributed by atoms with Gasteiger partial charge in [0.05, 0.1) is 17.5 Å². The van der Waals surface area contributed by atoms with E-state index < -0.39 is 17.8 Å². The highest BCUT2D eigenvalue weighted by Crippen LogP contribution is 2.48. The molecule has 2 aromatic rings. The summed E-state index contributed by atoms with van der Waals surface area (Å²) < 4.78 is 13.1. The summed E-state index contributed by atoms with van der Waals surface area (Å²) in [6.45, 7) is 1.88. The molecule has 0 saturated heterocycles. The molecular formula is C19H17FN2O3S.